The second-order valence-electron chi connectivity index (χ2n) is 8.31. The molecule has 1 aliphatic heterocycles. The first-order valence-corrected chi connectivity index (χ1v) is 11.3. The Morgan fingerprint density at radius 1 is 1.16 bits per heavy atom. The lowest BCUT2D eigenvalue weighted by Crippen LogP contribution is -2.32. The van der Waals surface area contributed by atoms with Crippen LogP contribution in [0.4, 0.5) is 5.95 Å². The van der Waals surface area contributed by atoms with Gasteiger partial charge in [0.1, 0.15) is 17.9 Å². The van der Waals surface area contributed by atoms with E-state index < -0.39 is 6.04 Å². The number of ether oxygens (including phenoxy) is 2. The number of fused-ring (bicyclic) bond motifs is 2. The third kappa shape index (κ3) is 3.59. The molecule has 166 valence electrons. The Balaban J connectivity index is 1.67. The molecule has 0 bridgehead atoms. The summed E-state index contributed by atoms with van der Waals surface area (Å²) in [6, 6.07) is 11.5. The zero-order valence-electron chi connectivity index (χ0n) is 18.4. The molecule has 2 aliphatic rings. The lowest BCUT2D eigenvalue weighted by Gasteiger charge is -2.31. The maximum Gasteiger partial charge on any atom is 0.338 e. The van der Waals surface area contributed by atoms with Crippen LogP contribution in [0.5, 0.6) is 5.75 Å². The number of nitrogens with zero attached hydrogens (tertiary/aromatic N) is 4. The van der Waals surface area contributed by atoms with Crippen molar-refractivity contribution in [3.8, 4) is 5.75 Å². The number of hydrogen-bond donors (Lipinski definition) is 1. The quantitative estimate of drug-likeness (QED) is 0.597. The van der Waals surface area contributed by atoms with Crippen molar-refractivity contribution in [1.82, 2.24) is 20.2 Å². The smallest absolute Gasteiger partial charge is 0.338 e. The van der Waals surface area contributed by atoms with Crippen LogP contribution in [0.2, 0.25) is 0 Å². The first-order chi connectivity index (χ1) is 15.7. The van der Waals surface area contributed by atoms with Crippen LogP contribution in [0.3, 0.4) is 0 Å². The van der Waals surface area contributed by atoms with Crippen LogP contribution in [-0.2, 0) is 9.53 Å². The highest BCUT2D eigenvalue weighted by Crippen LogP contribution is 2.43. The van der Waals surface area contributed by atoms with Crippen molar-refractivity contribution in [3.05, 3.63) is 53.2 Å². The van der Waals surface area contributed by atoms with Gasteiger partial charge >= 0.3 is 5.97 Å². The lowest BCUT2D eigenvalue weighted by molar-refractivity contribution is -0.146. The van der Waals surface area contributed by atoms with E-state index in [0.29, 0.717) is 29.6 Å². The van der Waals surface area contributed by atoms with Gasteiger partial charge in [0.2, 0.25) is 5.95 Å². The zero-order valence-corrected chi connectivity index (χ0v) is 18.4. The highest BCUT2D eigenvalue weighted by Gasteiger charge is 2.38. The van der Waals surface area contributed by atoms with Crippen LogP contribution in [0.1, 0.15) is 57.6 Å². The minimum absolute atomic E-state index is 0.0497. The summed E-state index contributed by atoms with van der Waals surface area (Å²) < 4.78 is 13.7. The van der Waals surface area contributed by atoms with E-state index in [2.05, 4.69) is 20.8 Å². The normalized spacial score (nSPS) is 18.9. The fourth-order valence-electron chi connectivity index (χ4n) is 4.78. The van der Waals surface area contributed by atoms with Gasteiger partial charge in [0.25, 0.3) is 0 Å². The number of hydrogen-bond acceptors (Lipinski definition) is 7. The molecule has 1 saturated carbocycles. The molecule has 2 heterocycles. The summed E-state index contributed by atoms with van der Waals surface area (Å²) in [7, 11) is 0. The van der Waals surface area contributed by atoms with Gasteiger partial charge in [-0.3, -0.25) is 0 Å². The van der Waals surface area contributed by atoms with E-state index in [4.69, 9.17) is 9.47 Å². The number of nitrogens with one attached hydrogen (secondary N) is 1. The fraction of sp³-hybridized carbons (Fsp3) is 0.417. The van der Waals surface area contributed by atoms with Gasteiger partial charge < -0.3 is 14.8 Å². The van der Waals surface area contributed by atoms with Gasteiger partial charge in [0, 0.05) is 11.3 Å². The number of esters is 1. The summed E-state index contributed by atoms with van der Waals surface area (Å²) in [5.41, 5.74) is 2.05. The Kier molecular flexibility index (Phi) is 5.51. The highest BCUT2D eigenvalue weighted by atomic mass is 16.5. The minimum atomic E-state index is -0.565. The van der Waals surface area contributed by atoms with E-state index in [0.717, 1.165) is 42.0 Å². The van der Waals surface area contributed by atoms with Crippen molar-refractivity contribution >= 4 is 22.7 Å². The molecule has 3 aromatic rings. The van der Waals surface area contributed by atoms with Crippen molar-refractivity contribution in [2.45, 2.75) is 58.1 Å². The van der Waals surface area contributed by atoms with Crippen molar-refractivity contribution in [3.63, 3.8) is 0 Å². The van der Waals surface area contributed by atoms with Gasteiger partial charge in [0.15, 0.2) is 0 Å². The van der Waals surface area contributed by atoms with E-state index in [1.165, 1.54) is 6.42 Å². The SMILES string of the molecule is CCOc1ccc2ccccc2c1C1C(C(=O)OC2CCCCC2)=C(C)Nc2nnnn21. The van der Waals surface area contributed by atoms with Gasteiger partial charge in [-0.15, -0.1) is 0 Å². The van der Waals surface area contributed by atoms with Gasteiger partial charge in [-0.2, -0.15) is 4.68 Å². The fourth-order valence-corrected chi connectivity index (χ4v) is 4.78. The molecular formula is C24H27N5O3. The summed E-state index contributed by atoms with van der Waals surface area (Å²) in [6.45, 7) is 4.32. The Morgan fingerprint density at radius 3 is 2.78 bits per heavy atom. The molecular weight excluding hydrogens is 406 g/mol. The summed E-state index contributed by atoms with van der Waals surface area (Å²) >= 11 is 0. The number of aromatic nitrogens is 4. The van der Waals surface area contributed by atoms with Gasteiger partial charge in [-0.1, -0.05) is 41.9 Å². The number of anilines is 1. The van der Waals surface area contributed by atoms with E-state index in [1.807, 2.05) is 50.2 Å². The van der Waals surface area contributed by atoms with Crippen LogP contribution < -0.4 is 10.1 Å². The molecule has 1 atom stereocenters. The molecule has 5 rings (SSSR count). The van der Waals surface area contributed by atoms with Crippen molar-refractivity contribution < 1.29 is 14.3 Å². The largest absolute Gasteiger partial charge is 0.493 e. The summed E-state index contributed by atoms with van der Waals surface area (Å²) in [5, 5.41) is 17.4. The molecule has 1 unspecified atom stereocenters. The summed E-state index contributed by atoms with van der Waals surface area (Å²) in [5.74, 6) is 0.857. The van der Waals surface area contributed by atoms with Crippen molar-refractivity contribution in [2.24, 2.45) is 0 Å². The number of rotatable bonds is 5. The third-order valence-corrected chi connectivity index (χ3v) is 6.26. The number of carbonyl (C=O) groups excluding carboxylic acids is 1. The predicted molar refractivity (Wildman–Crippen MR) is 120 cm³/mol. The van der Waals surface area contributed by atoms with E-state index >= 15 is 0 Å². The van der Waals surface area contributed by atoms with Gasteiger partial charge in [-0.25, -0.2) is 4.79 Å². The standard InChI is InChI=1S/C24H27N5O3/c1-3-31-19-14-13-16-9-7-8-12-18(16)21(19)22-20(15(2)25-24-26-27-28-29(22)24)23(30)32-17-10-5-4-6-11-17/h7-9,12-14,17,22H,3-6,10-11H2,1-2H3,(H,25,26,28). The van der Waals surface area contributed by atoms with Crippen molar-refractivity contribution in [2.75, 3.05) is 11.9 Å². The molecule has 1 fully saturated rings. The second kappa shape index (κ2) is 8.61. The van der Waals surface area contributed by atoms with Crippen LogP contribution in [0, 0.1) is 0 Å². The highest BCUT2D eigenvalue weighted by molar-refractivity contribution is 5.96. The molecule has 0 spiro atoms. The first-order valence-electron chi connectivity index (χ1n) is 11.3. The topological polar surface area (TPSA) is 91.2 Å². The molecule has 8 heteroatoms. The number of allylic oxidation sites excluding steroid dienone is 1. The van der Waals surface area contributed by atoms with Crippen LogP contribution >= 0.6 is 0 Å². The predicted octanol–water partition coefficient (Wildman–Crippen LogP) is 4.39. The first kappa shape index (κ1) is 20.5. The molecule has 0 amide bonds. The molecule has 1 aromatic heterocycles. The van der Waals surface area contributed by atoms with E-state index in [-0.39, 0.29) is 12.1 Å². The second-order valence-corrected chi connectivity index (χ2v) is 8.31. The van der Waals surface area contributed by atoms with E-state index in [1.54, 1.807) is 4.68 Å². The molecule has 0 radical (unpaired) electrons. The number of tetrazole rings is 1. The molecule has 1 N–H and O–H groups in total. The molecule has 0 saturated heterocycles. The maximum absolute atomic E-state index is 13.6. The maximum atomic E-state index is 13.6. The minimum Gasteiger partial charge on any atom is -0.493 e. The lowest BCUT2D eigenvalue weighted by atomic mass is 9.90. The third-order valence-electron chi connectivity index (χ3n) is 6.26. The Hall–Kier alpha value is -3.42. The van der Waals surface area contributed by atoms with Crippen LogP contribution in [-0.4, -0.2) is 38.9 Å². The van der Waals surface area contributed by atoms with Crippen LogP contribution in [0.25, 0.3) is 10.8 Å². The number of carbonyl (C=O) groups is 1. The average Bonchev–Trinajstić information content (AvgIpc) is 3.27. The zero-order chi connectivity index (χ0) is 22.1. The molecule has 32 heavy (non-hydrogen) atoms. The summed E-state index contributed by atoms with van der Waals surface area (Å²) in [6.07, 6.45) is 5.14. The monoisotopic (exact) mass is 433 g/mol. The van der Waals surface area contributed by atoms with Gasteiger partial charge in [0.05, 0.1) is 12.2 Å². The van der Waals surface area contributed by atoms with E-state index in [9.17, 15) is 4.79 Å². The van der Waals surface area contributed by atoms with Crippen LogP contribution in [0.15, 0.2) is 47.7 Å². The average molecular weight is 434 g/mol. The molecule has 8 nitrogen and oxygen atoms in total. The number of benzene rings is 2. The van der Waals surface area contributed by atoms with Gasteiger partial charge in [-0.05, 0) is 66.8 Å². The molecule has 1 aliphatic carbocycles. The Bertz CT molecular complexity index is 1180. The summed E-state index contributed by atoms with van der Waals surface area (Å²) in [4.78, 5) is 13.6. The molecule has 2 aromatic carbocycles. The Labute approximate surface area is 186 Å². The van der Waals surface area contributed by atoms with Crippen molar-refractivity contribution in [1.29, 1.82) is 0 Å². The Morgan fingerprint density at radius 2 is 1.97 bits per heavy atom.